The molecule has 3 aromatic carbocycles. The number of nitrogens with one attached hydrogen (secondary N) is 2. The van der Waals surface area contributed by atoms with Crippen LogP contribution in [0.25, 0.3) is 0 Å². The molecular weight excluding hydrogens is 470 g/mol. The summed E-state index contributed by atoms with van der Waals surface area (Å²) < 4.78 is 0. The Morgan fingerprint density at radius 3 is 2.43 bits per heavy atom. The van der Waals surface area contributed by atoms with Crippen molar-refractivity contribution in [2.45, 2.75) is 51.5 Å². The Morgan fingerprint density at radius 1 is 1.03 bits per heavy atom. The minimum atomic E-state index is -0.748. The van der Waals surface area contributed by atoms with Gasteiger partial charge in [0, 0.05) is 20.5 Å². The number of carbonyl (C=O) groups excluding carboxylic acids is 2. The Hall–Kier alpha value is -3.94. The highest BCUT2D eigenvalue weighted by Gasteiger charge is 2.31. The van der Waals surface area contributed by atoms with E-state index >= 15 is 0 Å². The molecule has 3 N–H and O–H groups in total. The highest BCUT2D eigenvalue weighted by Crippen LogP contribution is 2.36. The van der Waals surface area contributed by atoms with Crippen LogP contribution < -0.4 is 21.5 Å². The molecule has 37 heavy (non-hydrogen) atoms. The number of nitrogens with zero attached hydrogens (tertiary/aromatic N) is 1. The van der Waals surface area contributed by atoms with Crippen LogP contribution in [0, 0.1) is 5.92 Å². The van der Waals surface area contributed by atoms with Crippen molar-refractivity contribution >= 4 is 28.8 Å². The molecule has 0 heterocycles. The van der Waals surface area contributed by atoms with Crippen molar-refractivity contribution in [3.63, 3.8) is 0 Å². The van der Waals surface area contributed by atoms with E-state index in [1.54, 1.807) is 20.2 Å². The van der Waals surface area contributed by atoms with Crippen LogP contribution in [-0.2, 0) is 11.2 Å². The summed E-state index contributed by atoms with van der Waals surface area (Å²) in [6, 6.07) is 12.1. The Bertz CT molecular complexity index is 1400. The molecule has 0 saturated carbocycles. The summed E-state index contributed by atoms with van der Waals surface area (Å²) in [5.41, 5.74) is 1.20. The standard InChI is InChI=1S/C29H33N3O5/c1-16(2)23(22(33)15-18-11-7-10-17-9-5-6-12-19(17)18)31-25-24(27(35)28(25)36)30-21-14-8-13-20(26(21)34)29(37)32(3)4/h5-6,8-9,12-14,16,18,23,30-31,34H,7,10-11,15H2,1-4H3/t18-,23+/m0/s1. The van der Waals surface area contributed by atoms with E-state index in [2.05, 4.69) is 22.8 Å². The molecule has 3 aromatic rings. The molecular formula is C29H33N3O5. The number of phenols is 1. The number of benzene rings is 2. The average molecular weight is 504 g/mol. The number of hydrogen-bond donors (Lipinski definition) is 3. The summed E-state index contributed by atoms with van der Waals surface area (Å²) in [4.78, 5) is 52.1. The van der Waals surface area contributed by atoms with Crippen LogP contribution in [0.15, 0.2) is 52.1 Å². The number of amides is 1. The first kappa shape index (κ1) is 26.1. The van der Waals surface area contributed by atoms with E-state index in [0.29, 0.717) is 6.42 Å². The second-order valence-corrected chi connectivity index (χ2v) is 10.3. The van der Waals surface area contributed by atoms with Crippen LogP contribution in [0.4, 0.5) is 17.1 Å². The van der Waals surface area contributed by atoms with E-state index < -0.39 is 22.8 Å². The van der Waals surface area contributed by atoms with E-state index in [1.165, 1.54) is 28.2 Å². The largest absolute Gasteiger partial charge is 0.505 e. The maximum absolute atomic E-state index is 13.4. The highest BCUT2D eigenvalue weighted by atomic mass is 16.3. The van der Waals surface area contributed by atoms with Gasteiger partial charge in [-0.15, -0.1) is 0 Å². The fourth-order valence-electron chi connectivity index (χ4n) is 5.05. The molecule has 194 valence electrons. The molecule has 0 saturated heterocycles. The number of Topliss-reactive ketones (excluding diaryl/α,β-unsaturated/α-hetero) is 1. The molecule has 1 amide bonds. The number of hydrogen-bond acceptors (Lipinski definition) is 7. The van der Waals surface area contributed by atoms with Gasteiger partial charge in [0.1, 0.15) is 11.4 Å². The number of para-hydroxylation sites is 1. The SMILES string of the molecule is CC(C)[C@@H](Nc1c(Nc2cccc(C(=O)N(C)C)c2O)c(=O)c1=O)C(=O)C[C@@H]1CCCc2ccccc21. The summed E-state index contributed by atoms with van der Waals surface area (Å²) >= 11 is 0. The zero-order valence-corrected chi connectivity index (χ0v) is 21.6. The van der Waals surface area contributed by atoms with Crippen LogP contribution in [0.3, 0.4) is 0 Å². The van der Waals surface area contributed by atoms with Crippen LogP contribution >= 0.6 is 0 Å². The first-order chi connectivity index (χ1) is 17.6. The number of anilines is 3. The number of aromatic hydroxyl groups is 1. The zero-order valence-electron chi connectivity index (χ0n) is 21.6. The van der Waals surface area contributed by atoms with E-state index in [-0.39, 0.29) is 46.0 Å². The van der Waals surface area contributed by atoms with Crippen molar-refractivity contribution < 1.29 is 14.7 Å². The van der Waals surface area contributed by atoms with Crippen molar-refractivity contribution in [3.8, 4) is 5.75 Å². The first-order valence-corrected chi connectivity index (χ1v) is 12.6. The lowest BCUT2D eigenvalue weighted by Gasteiger charge is -2.29. The molecule has 8 heteroatoms. The molecule has 4 rings (SSSR count). The van der Waals surface area contributed by atoms with E-state index in [4.69, 9.17) is 0 Å². The minimum absolute atomic E-state index is 0.0165. The molecule has 0 unspecified atom stereocenters. The van der Waals surface area contributed by atoms with Gasteiger partial charge in [-0.1, -0.05) is 44.2 Å². The lowest BCUT2D eigenvalue weighted by molar-refractivity contribution is -0.121. The van der Waals surface area contributed by atoms with Gasteiger partial charge < -0.3 is 20.6 Å². The van der Waals surface area contributed by atoms with Gasteiger partial charge in [0.25, 0.3) is 16.8 Å². The third kappa shape index (κ3) is 5.14. The summed E-state index contributed by atoms with van der Waals surface area (Å²) in [6.07, 6.45) is 3.32. The van der Waals surface area contributed by atoms with Crippen LogP contribution in [0.5, 0.6) is 5.75 Å². The Balaban J connectivity index is 1.56. The number of carbonyl (C=O) groups is 2. The summed E-state index contributed by atoms with van der Waals surface area (Å²) in [7, 11) is 3.13. The lowest BCUT2D eigenvalue weighted by Crippen LogP contribution is -2.43. The topological polar surface area (TPSA) is 116 Å². The lowest BCUT2D eigenvalue weighted by atomic mass is 9.79. The van der Waals surface area contributed by atoms with Crippen molar-refractivity contribution in [2.75, 3.05) is 24.7 Å². The van der Waals surface area contributed by atoms with Crippen molar-refractivity contribution in [1.29, 1.82) is 0 Å². The number of ketones is 1. The van der Waals surface area contributed by atoms with Gasteiger partial charge in [-0.2, -0.15) is 0 Å². The monoisotopic (exact) mass is 503 g/mol. The molecule has 2 atom stereocenters. The fraction of sp³-hybridized carbons (Fsp3) is 0.379. The van der Waals surface area contributed by atoms with Gasteiger partial charge >= 0.3 is 0 Å². The maximum atomic E-state index is 13.4. The van der Waals surface area contributed by atoms with E-state index in [0.717, 1.165) is 19.3 Å². The van der Waals surface area contributed by atoms with Crippen molar-refractivity contribution in [3.05, 3.63) is 79.6 Å². The van der Waals surface area contributed by atoms with Crippen LogP contribution in [0.1, 0.15) is 60.5 Å². The van der Waals surface area contributed by atoms with Crippen LogP contribution in [0.2, 0.25) is 0 Å². The van der Waals surface area contributed by atoms with Gasteiger partial charge in [-0.25, -0.2) is 0 Å². The first-order valence-electron chi connectivity index (χ1n) is 12.6. The Labute approximate surface area is 216 Å². The summed E-state index contributed by atoms with van der Waals surface area (Å²) in [6.45, 7) is 3.79. The molecule has 8 nitrogen and oxygen atoms in total. The Kier molecular flexibility index (Phi) is 7.47. The second kappa shape index (κ2) is 10.6. The smallest absolute Gasteiger partial charge is 0.257 e. The minimum Gasteiger partial charge on any atom is -0.505 e. The molecule has 0 bridgehead atoms. The number of fused-ring (bicyclic) bond motifs is 1. The van der Waals surface area contributed by atoms with Gasteiger partial charge in [-0.3, -0.25) is 19.2 Å². The molecule has 0 radical (unpaired) electrons. The highest BCUT2D eigenvalue weighted by molar-refractivity contribution is 5.99. The zero-order chi connectivity index (χ0) is 26.9. The maximum Gasteiger partial charge on any atom is 0.257 e. The van der Waals surface area contributed by atoms with Gasteiger partial charge in [-0.05, 0) is 54.4 Å². The molecule has 0 fully saturated rings. The number of rotatable bonds is 9. The number of phenolic OH excluding ortho intramolecular Hbond substituents is 1. The van der Waals surface area contributed by atoms with Crippen molar-refractivity contribution in [2.24, 2.45) is 5.92 Å². The molecule has 0 aromatic heterocycles. The normalized spacial score (nSPS) is 15.8. The molecule has 0 spiro atoms. The summed E-state index contributed by atoms with van der Waals surface area (Å²) in [5, 5.41) is 16.5. The average Bonchev–Trinajstić information content (AvgIpc) is 2.88. The quantitative estimate of drug-likeness (QED) is 0.299. The van der Waals surface area contributed by atoms with Crippen molar-refractivity contribution in [1.82, 2.24) is 4.90 Å². The molecule has 1 aliphatic rings. The predicted octanol–water partition coefficient (Wildman–Crippen LogP) is 3.95. The molecule has 0 aliphatic heterocycles. The summed E-state index contributed by atoms with van der Waals surface area (Å²) in [5.74, 6) is -0.748. The van der Waals surface area contributed by atoms with Crippen LogP contribution in [-0.4, -0.2) is 41.8 Å². The number of aryl methyl sites for hydroxylation is 1. The second-order valence-electron chi connectivity index (χ2n) is 10.3. The van der Waals surface area contributed by atoms with E-state index in [1.807, 2.05) is 26.0 Å². The van der Waals surface area contributed by atoms with Gasteiger partial charge in [0.05, 0.1) is 17.3 Å². The van der Waals surface area contributed by atoms with Gasteiger partial charge in [0.2, 0.25) is 0 Å². The third-order valence-electron chi connectivity index (χ3n) is 7.10. The Morgan fingerprint density at radius 2 is 1.73 bits per heavy atom. The van der Waals surface area contributed by atoms with Gasteiger partial charge in [0.15, 0.2) is 11.5 Å². The third-order valence-corrected chi connectivity index (χ3v) is 7.10. The molecule has 1 aliphatic carbocycles. The fourth-order valence-corrected chi connectivity index (χ4v) is 5.05. The van der Waals surface area contributed by atoms with E-state index in [9.17, 15) is 24.3 Å². The predicted molar refractivity (Wildman–Crippen MR) is 145 cm³/mol.